The van der Waals surface area contributed by atoms with Gasteiger partial charge in [0.2, 0.25) is 5.91 Å². The van der Waals surface area contributed by atoms with Crippen LogP contribution in [0.15, 0.2) is 10.7 Å². The van der Waals surface area contributed by atoms with Crippen molar-refractivity contribution in [2.24, 2.45) is 5.73 Å². The molecule has 9 nitrogen and oxygen atoms in total. The smallest absolute Gasteiger partial charge is 0.408 e. The Morgan fingerprint density at radius 3 is 2.85 bits per heavy atom. The fourth-order valence-corrected chi connectivity index (χ4v) is 3.13. The minimum Gasteiger partial charge on any atom is -0.465 e. The molecule has 0 aromatic carbocycles. The summed E-state index contributed by atoms with van der Waals surface area (Å²) in [6, 6.07) is 0.558. The van der Waals surface area contributed by atoms with Crippen molar-refractivity contribution >= 4 is 39.7 Å². The topological polar surface area (TPSA) is 131 Å². The normalized spacial score (nSPS) is 27.8. The van der Waals surface area contributed by atoms with Gasteiger partial charge in [0.25, 0.3) is 5.91 Å². The van der Waals surface area contributed by atoms with Gasteiger partial charge in [-0.25, -0.2) is 9.48 Å². The summed E-state index contributed by atoms with van der Waals surface area (Å²) in [6.07, 6.45) is -1.32. The van der Waals surface area contributed by atoms with E-state index in [0.717, 1.165) is 4.90 Å². The van der Waals surface area contributed by atoms with Crippen molar-refractivity contribution in [2.75, 3.05) is 11.9 Å². The highest BCUT2D eigenvalue weighted by atomic mass is 79.9. The van der Waals surface area contributed by atoms with Crippen LogP contribution in [0.2, 0.25) is 0 Å². The molecule has 0 saturated carbocycles. The van der Waals surface area contributed by atoms with Crippen molar-refractivity contribution in [2.45, 2.75) is 18.0 Å². The zero-order valence-corrected chi connectivity index (χ0v) is 11.6. The number of halogens is 1. The van der Waals surface area contributed by atoms with Crippen LogP contribution in [0, 0.1) is 0 Å². The Labute approximate surface area is 120 Å². The second kappa shape index (κ2) is 3.95. The molecule has 1 fully saturated rings. The van der Waals surface area contributed by atoms with Gasteiger partial charge in [0.1, 0.15) is 16.5 Å². The zero-order chi connectivity index (χ0) is 14.7. The Bertz CT molecular complexity index is 620. The third-order valence-electron chi connectivity index (χ3n) is 3.66. The second-order valence-electron chi connectivity index (χ2n) is 4.78. The number of likely N-dealkylation sites (tertiary alicyclic amines) is 1. The summed E-state index contributed by atoms with van der Waals surface area (Å²) < 4.78 is 1.93. The highest BCUT2D eigenvalue weighted by Gasteiger charge is 2.58. The Hall–Kier alpha value is -2.10. The lowest BCUT2D eigenvalue weighted by Crippen LogP contribution is -2.44. The van der Waals surface area contributed by atoms with Crippen LogP contribution in [0.5, 0.6) is 0 Å². The van der Waals surface area contributed by atoms with Crippen molar-refractivity contribution in [1.29, 1.82) is 0 Å². The highest BCUT2D eigenvalue weighted by molar-refractivity contribution is 9.10. The van der Waals surface area contributed by atoms with Crippen LogP contribution < -0.4 is 11.1 Å². The number of carbonyl (C=O) groups excluding carboxylic acids is 2. The van der Waals surface area contributed by atoms with Gasteiger partial charge >= 0.3 is 6.09 Å². The third-order valence-corrected chi connectivity index (χ3v) is 4.05. The molecule has 1 spiro atoms. The summed E-state index contributed by atoms with van der Waals surface area (Å²) >= 11 is 3.19. The number of hydrogen-bond acceptors (Lipinski definition) is 4. The summed E-state index contributed by atoms with van der Waals surface area (Å²) in [4.78, 5) is 35.7. The molecule has 3 amide bonds. The van der Waals surface area contributed by atoms with Gasteiger partial charge in [-0.05, 0) is 15.9 Å². The predicted octanol–water partition coefficient (Wildman–Crippen LogP) is -0.469. The van der Waals surface area contributed by atoms with E-state index in [0.29, 0.717) is 10.4 Å². The van der Waals surface area contributed by atoms with Crippen molar-refractivity contribution in [3.63, 3.8) is 0 Å². The molecular weight excluding hydrogens is 334 g/mol. The maximum Gasteiger partial charge on any atom is 0.408 e. The standard InChI is InChI=1S/C10H10BrN5O4/c11-5-1-6-13-8(18)10(16(6)14-5)2-4(7(12)17)15(3-10)9(19)20/h1,4H,2-3H2,(H2,12,17)(H,13,18)(H,19,20)/t4-,10?/m0/s1. The Morgan fingerprint density at radius 2 is 2.30 bits per heavy atom. The largest absolute Gasteiger partial charge is 0.465 e. The predicted molar refractivity (Wildman–Crippen MR) is 68.9 cm³/mol. The lowest BCUT2D eigenvalue weighted by atomic mass is 9.96. The van der Waals surface area contributed by atoms with E-state index in [9.17, 15) is 14.4 Å². The first-order chi connectivity index (χ1) is 9.35. The summed E-state index contributed by atoms with van der Waals surface area (Å²) in [5.41, 5.74) is 4.01. The van der Waals surface area contributed by atoms with Crippen molar-refractivity contribution in [3.8, 4) is 0 Å². The average Bonchev–Trinajstić information content (AvgIpc) is 2.96. The summed E-state index contributed by atoms with van der Waals surface area (Å²) in [7, 11) is 0. The molecule has 1 aromatic heterocycles. The van der Waals surface area contributed by atoms with E-state index >= 15 is 0 Å². The van der Waals surface area contributed by atoms with E-state index in [1.54, 1.807) is 6.07 Å². The van der Waals surface area contributed by atoms with Crippen LogP contribution in [0.3, 0.4) is 0 Å². The van der Waals surface area contributed by atoms with E-state index in [1.807, 2.05) is 0 Å². The Kier molecular flexibility index (Phi) is 2.55. The number of nitrogens with zero attached hydrogens (tertiary/aromatic N) is 3. The van der Waals surface area contributed by atoms with Crippen LogP contribution >= 0.6 is 15.9 Å². The number of rotatable bonds is 1. The molecule has 1 aromatic rings. The SMILES string of the molecule is NC(=O)[C@@H]1CC2(CN1C(=O)O)C(=O)Nc1cc(Br)nn12. The molecule has 10 heteroatoms. The summed E-state index contributed by atoms with van der Waals surface area (Å²) in [5, 5.41) is 15.9. The van der Waals surface area contributed by atoms with E-state index in [4.69, 9.17) is 10.8 Å². The highest BCUT2D eigenvalue weighted by Crippen LogP contribution is 2.41. The van der Waals surface area contributed by atoms with E-state index in [-0.39, 0.29) is 18.9 Å². The molecule has 3 rings (SSSR count). The van der Waals surface area contributed by atoms with Gasteiger partial charge in [-0.2, -0.15) is 5.10 Å². The quantitative estimate of drug-likeness (QED) is 0.634. The van der Waals surface area contributed by atoms with Gasteiger partial charge in [-0.1, -0.05) is 0 Å². The number of anilines is 1. The molecule has 1 saturated heterocycles. The number of carboxylic acid groups (broad SMARTS) is 1. The molecule has 2 aliphatic heterocycles. The van der Waals surface area contributed by atoms with Gasteiger partial charge < -0.3 is 16.2 Å². The fourth-order valence-electron chi connectivity index (χ4n) is 2.76. The molecule has 2 aliphatic rings. The lowest BCUT2D eigenvalue weighted by Gasteiger charge is -2.21. The maximum atomic E-state index is 12.2. The number of fused-ring (bicyclic) bond motifs is 2. The van der Waals surface area contributed by atoms with Crippen LogP contribution in [0.1, 0.15) is 6.42 Å². The molecule has 2 atom stereocenters. The van der Waals surface area contributed by atoms with Gasteiger partial charge in [-0.15, -0.1) is 0 Å². The van der Waals surface area contributed by atoms with Gasteiger partial charge in [0.15, 0.2) is 5.54 Å². The van der Waals surface area contributed by atoms with Gasteiger partial charge in [0.05, 0.1) is 6.54 Å². The first-order valence-electron chi connectivity index (χ1n) is 5.71. The maximum absolute atomic E-state index is 12.2. The molecule has 0 radical (unpaired) electrons. The van der Waals surface area contributed by atoms with E-state index < -0.39 is 23.6 Å². The second-order valence-corrected chi connectivity index (χ2v) is 5.60. The van der Waals surface area contributed by atoms with Crippen molar-refractivity contribution in [3.05, 3.63) is 10.7 Å². The molecule has 20 heavy (non-hydrogen) atoms. The van der Waals surface area contributed by atoms with Gasteiger partial charge in [-0.3, -0.25) is 14.5 Å². The monoisotopic (exact) mass is 343 g/mol. The van der Waals surface area contributed by atoms with Crippen molar-refractivity contribution in [1.82, 2.24) is 14.7 Å². The Morgan fingerprint density at radius 1 is 1.60 bits per heavy atom. The van der Waals surface area contributed by atoms with Crippen LogP contribution in [0.25, 0.3) is 0 Å². The van der Waals surface area contributed by atoms with Crippen LogP contribution in [0.4, 0.5) is 10.6 Å². The van der Waals surface area contributed by atoms with Gasteiger partial charge in [0, 0.05) is 12.5 Å². The van der Waals surface area contributed by atoms with E-state index in [2.05, 4.69) is 26.3 Å². The molecule has 3 heterocycles. The molecule has 1 unspecified atom stereocenters. The number of amides is 3. The minimum atomic E-state index is -1.29. The molecular formula is C10H10BrN5O4. The minimum absolute atomic E-state index is 0.0262. The first-order valence-corrected chi connectivity index (χ1v) is 6.51. The number of aromatic nitrogens is 2. The van der Waals surface area contributed by atoms with Crippen molar-refractivity contribution < 1.29 is 19.5 Å². The third kappa shape index (κ3) is 1.54. The number of hydrogen-bond donors (Lipinski definition) is 3. The summed E-state index contributed by atoms with van der Waals surface area (Å²) in [5.74, 6) is -0.711. The zero-order valence-electron chi connectivity index (χ0n) is 10.0. The van der Waals surface area contributed by atoms with E-state index in [1.165, 1.54) is 4.68 Å². The number of nitrogens with one attached hydrogen (secondary N) is 1. The average molecular weight is 344 g/mol. The molecule has 0 bridgehead atoms. The number of carbonyl (C=O) groups is 3. The molecule has 0 aliphatic carbocycles. The Balaban J connectivity index is 2.08. The lowest BCUT2D eigenvalue weighted by molar-refractivity contribution is -0.123. The van der Waals surface area contributed by atoms with Crippen LogP contribution in [-0.2, 0) is 15.1 Å². The first kappa shape index (κ1) is 12.9. The fraction of sp³-hybridized carbons (Fsp3) is 0.400. The molecule has 106 valence electrons. The van der Waals surface area contributed by atoms with Crippen LogP contribution in [-0.4, -0.2) is 50.3 Å². The number of nitrogens with two attached hydrogens (primary N) is 1. The molecule has 4 N–H and O–H groups in total. The summed E-state index contributed by atoms with van der Waals surface area (Å²) in [6.45, 7) is -0.164. The number of primary amides is 1.